The van der Waals surface area contributed by atoms with Crippen LogP contribution in [0.15, 0.2) is 11.6 Å². The van der Waals surface area contributed by atoms with Crippen molar-refractivity contribution < 1.29 is 0 Å². The van der Waals surface area contributed by atoms with Crippen LogP contribution in [0.1, 0.15) is 31.7 Å². The molecule has 2 nitrogen and oxygen atoms in total. The summed E-state index contributed by atoms with van der Waals surface area (Å²) in [5, 5.41) is 6.76. The topological polar surface area (TPSA) is 24.9 Å². The smallest absolute Gasteiger partial charge is 0.0928 e. The van der Waals surface area contributed by atoms with Gasteiger partial charge in [-0.25, -0.2) is 4.98 Å². The van der Waals surface area contributed by atoms with E-state index in [4.69, 9.17) is 0 Å². The summed E-state index contributed by atoms with van der Waals surface area (Å²) < 4.78 is 0. The molecule has 0 aliphatic rings. The van der Waals surface area contributed by atoms with Crippen LogP contribution in [0.4, 0.5) is 0 Å². The first-order chi connectivity index (χ1) is 6.86. The van der Waals surface area contributed by atoms with Crippen LogP contribution in [0.3, 0.4) is 0 Å². The van der Waals surface area contributed by atoms with Gasteiger partial charge in [-0.15, -0.1) is 11.3 Å². The number of hydrogen-bond acceptors (Lipinski definition) is 3. The Morgan fingerprint density at radius 3 is 2.93 bits per heavy atom. The molecule has 0 spiro atoms. The average Bonchev–Trinajstić information content (AvgIpc) is 2.67. The van der Waals surface area contributed by atoms with Gasteiger partial charge in [-0.3, -0.25) is 0 Å². The van der Waals surface area contributed by atoms with Gasteiger partial charge in [0.1, 0.15) is 0 Å². The van der Waals surface area contributed by atoms with Gasteiger partial charge in [0, 0.05) is 18.0 Å². The second-order valence-corrected chi connectivity index (χ2v) is 4.57. The highest BCUT2D eigenvalue weighted by Gasteiger charge is 2.09. The maximum atomic E-state index is 4.34. The SMILES string of the molecule is CCCC(CNCC)Cc1nccs1. The lowest BCUT2D eigenvalue weighted by Crippen LogP contribution is -2.23. The Morgan fingerprint density at radius 2 is 2.36 bits per heavy atom. The Balaban J connectivity index is 2.34. The molecule has 1 rings (SSSR count). The molecule has 1 aromatic rings. The van der Waals surface area contributed by atoms with Gasteiger partial charge in [-0.05, 0) is 25.4 Å². The van der Waals surface area contributed by atoms with Crippen molar-refractivity contribution in [2.75, 3.05) is 13.1 Å². The van der Waals surface area contributed by atoms with Crippen LogP contribution in [0.5, 0.6) is 0 Å². The number of nitrogens with one attached hydrogen (secondary N) is 1. The summed E-state index contributed by atoms with van der Waals surface area (Å²) in [6.07, 6.45) is 5.60. The summed E-state index contributed by atoms with van der Waals surface area (Å²) in [4.78, 5) is 4.34. The van der Waals surface area contributed by atoms with E-state index in [1.807, 2.05) is 6.20 Å². The molecular weight excluding hydrogens is 192 g/mol. The summed E-state index contributed by atoms with van der Waals surface area (Å²) >= 11 is 1.77. The van der Waals surface area contributed by atoms with Crippen molar-refractivity contribution in [1.82, 2.24) is 10.3 Å². The second kappa shape index (κ2) is 6.96. The Bertz CT molecular complexity index is 221. The Morgan fingerprint density at radius 1 is 1.50 bits per heavy atom. The minimum atomic E-state index is 0.756. The van der Waals surface area contributed by atoms with Crippen LogP contribution in [-0.2, 0) is 6.42 Å². The molecule has 3 heteroatoms. The average molecular weight is 212 g/mol. The summed E-state index contributed by atoms with van der Waals surface area (Å²) in [6, 6.07) is 0. The lowest BCUT2D eigenvalue weighted by atomic mass is 10.0. The molecule has 80 valence electrons. The van der Waals surface area contributed by atoms with Crippen LogP contribution >= 0.6 is 11.3 Å². The van der Waals surface area contributed by atoms with E-state index in [2.05, 4.69) is 29.5 Å². The van der Waals surface area contributed by atoms with Crippen LogP contribution < -0.4 is 5.32 Å². The van der Waals surface area contributed by atoms with Gasteiger partial charge in [0.25, 0.3) is 0 Å². The zero-order valence-electron chi connectivity index (χ0n) is 9.12. The normalized spacial score (nSPS) is 13.0. The second-order valence-electron chi connectivity index (χ2n) is 3.59. The lowest BCUT2D eigenvalue weighted by molar-refractivity contribution is 0.444. The van der Waals surface area contributed by atoms with E-state index in [1.54, 1.807) is 11.3 Å². The molecule has 14 heavy (non-hydrogen) atoms. The third-order valence-electron chi connectivity index (χ3n) is 2.33. The fourth-order valence-corrected chi connectivity index (χ4v) is 2.37. The molecule has 0 fully saturated rings. The molecule has 0 aliphatic carbocycles. The highest BCUT2D eigenvalue weighted by molar-refractivity contribution is 7.09. The first kappa shape index (κ1) is 11.7. The molecule has 0 bridgehead atoms. The molecule has 0 saturated carbocycles. The van der Waals surface area contributed by atoms with Crippen LogP contribution in [0.2, 0.25) is 0 Å². The van der Waals surface area contributed by atoms with E-state index in [1.165, 1.54) is 17.8 Å². The first-order valence-electron chi connectivity index (χ1n) is 5.45. The van der Waals surface area contributed by atoms with Gasteiger partial charge in [0.05, 0.1) is 5.01 Å². The van der Waals surface area contributed by atoms with E-state index in [-0.39, 0.29) is 0 Å². The quantitative estimate of drug-likeness (QED) is 0.751. The molecule has 0 amide bonds. The van der Waals surface area contributed by atoms with Gasteiger partial charge in [0.2, 0.25) is 0 Å². The van der Waals surface area contributed by atoms with Crippen LogP contribution in [-0.4, -0.2) is 18.1 Å². The van der Waals surface area contributed by atoms with Crippen molar-refractivity contribution >= 4 is 11.3 Å². The fraction of sp³-hybridized carbons (Fsp3) is 0.727. The first-order valence-corrected chi connectivity index (χ1v) is 6.33. The number of thiazole rings is 1. The molecule has 0 aliphatic heterocycles. The third kappa shape index (κ3) is 4.20. The molecule has 1 N–H and O–H groups in total. The van der Waals surface area contributed by atoms with E-state index in [9.17, 15) is 0 Å². The summed E-state index contributed by atoms with van der Waals surface area (Å²) in [7, 11) is 0. The van der Waals surface area contributed by atoms with E-state index >= 15 is 0 Å². The summed E-state index contributed by atoms with van der Waals surface area (Å²) in [5.74, 6) is 0.756. The molecule has 1 atom stereocenters. The summed E-state index contributed by atoms with van der Waals surface area (Å²) in [6.45, 7) is 6.61. The van der Waals surface area contributed by atoms with Gasteiger partial charge in [0.15, 0.2) is 0 Å². The molecule has 1 aromatic heterocycles. The van der Waals surface area contributed by atoms with E-state index in [0.29, 0.717) is 0 Å². The van der Waals surface area contributed by atoms with Gasteiger partial charge >= 0.3 is 0 Å². The van der Waals surface area contributed by atoms with Crippen LogP contribution in [0, 0.1) is 5.92 Å². The third-order valence-corrected chi connectivity index (χ3v) is 3.13. The number of rotatable bonds is 7. The maximum absolute atomic E-state index is 4.34. The Kier molecular flexibility index (Phi) is 5.80. The Labute approximate surface area is 90.8 Å². The van der Waals surface area contributed by atoms with Gasteiger partial charge in [-0.1, -0.05) is 20.3 Å². The highest BCUT2D eigenvalue weighted by Crippen LogP contribution is 2.15. The van der Waals surface area contributed by atoms with Gasteiger partial charge in [-0.2, -0.15) is 0 Å². The number of hydrogen-bond donors (Lipinski definition) is 1. The maximum Gasteiger partial charge on any atom is 0.0928 e. The molecule has 0 radical (unpaired) electrons. The van der Waals surface area contributed by atoms with E-state index in [0.717, 1.165) is 25.4 Å². The molecule has 1 heterocycles. The monoisotopic (exact) mass is 212 g/mol. The van der Waals surface area contributed by atoms with Gasteiger partial charge < -0.3 is 5.32 Å². The highest BCUT2D eigenvalue weighted by atomic mass is 32.1. The molecular formula is C11H20N2S. The van der Waals surface area contributed by atoms with Crippen molar-refractivity contribution in [3.05, 3.63) is 16.6 Å². The standard InChI is InChI=1S/C11H20N2S/c1-3-5-10(9-12-4-2)8-11-13-6-7-14-11/h6-7,10,12H,3-5,8-9H2,1-2H3. The zero-order valence-corrected chi connectivity index (χ0v) is 9.94. The largest absolute Gasteiger partial charge is 0.317 e. The van der Waals surface area contributed by atoms with Crippen molar-refractivity contribution in [3.63, 3.8) is 0 Å². The minimum absolute atomic E-state index is 0.756. The fourth-order valence-electron chi connectivity index (χ4n) is 1.63. The van der Waals surface area contributed by atoms with Crippen molar-refractivity contribution in [2.45, 2.75) is 33.1 Å². The van der Waals surface area contributed by atoms with Crippen molar-refractivity contribution in [1.29, 1.82) is 0 Å². The zero-order chi connectivity index (χ0) is 10.2. The van der Waals surface area contributed by atoms with E-state index < -0.39 is 0 Å². The molecule has 0 aromatic carbocycles. The van der Waals surface area contributed by atoms with Crippen molar-refractivity contribution in [2.24, 2.45) is 5.92 Å². The lowest BCUT2D eigenvalue weighted by Gasteiger charge is -2.14. The van der Waals surface area contributed by atoms with Crippen LogP contribution in [0.25, 0.3) is 0 Å². The van der Waals surface area contributed by atoms with Crippen molar-refractivity contribution in [3.8, 4) is 0 Å². The minimum Gasteiger partial charge on any atom is -0.317 e. The number of aromatic nitrogens is 1. The Hall–Kier alpha value is -0.410. The number of nitrogens with zero attached hydrogens (tertiary/aromatic N) is 1. The molecule has 0 saturated heterocycles. The predicted octanol–water partition coefficient (Wildman–Crippen LogP) is 2.71. The molecule has 1 unspecified atom stereocenters. The summed E-state index contributed by atoms with van der Waals surface area (Å²) in [5.41, 5.74) is 0. The predicted molar refractivity (Wildman–Crippen MR) is 62.8 cm³/mol.